The molecule has 2 amide bonds. The predicted molar refractivity (Wildman–Crippen MR) is 272 cm³/mol. The number of hydrogen-bond acceptors (Lipinski definition) is 14. The Kier molecular flexibility index (Phi) is 29.9. The van der Waals surface area contributed by atoms with Gasteiger partial charge in [0.1, 0.15) is 11.6 Å². The molecule has 3 fully saturated rings. The average Bonchev–Trinajstić information content (AvgIpc) is 4.05. The number of nitrogens with one attached hydrogen (secondary N) is 2. The van der Waals surface area contributed by atoms with Gasteiger partial charge in [-0.3, -0.25) is 38.4 Å². The molecule has 2 aliphatic heterocycles. The number of amides is 2. The molecule has 2 saturated heterocycles. The molecule has 0 aromatic carbocycles. The lowest BCUT2D eigenvalue weighted by atomic mass is 9.78. The topological polar surface area (TPSA) is 242 Å². The van der Waals surface area contributed by atoms with E-state index >= 15 is 0 Å². The molecule has 2 heterocycles. The number of unbranched alkanes of at least 4 members (excludes halogenated alkanes) is 14. The fraction of sp³-hybridized carbons (Fsp3) is 0.826. The van der Waals surface area contributed by atoms with E-state index in [1.807, 2.05) is 0 Å². The van der Waals surface area contributed by atoms with Gasteiger partial charge in [0.2, 0.25) is 11.8 Å². The first-order valence-corrected chi connectivity index (χ1v) is 30.8. The molecule has 3 rings (SSSR count). The van der Waals surface area contributed by atoms with Crippen LogP contribution in [0.15, 0.2) is 0 Å². The number of carboxylic acids is 4. The third kappa shape index (κ3) is 25.7. The molecule has 66 heavy (non-hydrogen) atoms. The zero-order chi connectivity index (χ0) is 48.2. The number of carbonyl (C=O) groups excluding carboxylic acids is 4. The van der Waals surface area contributed by atoms with E-state index in [-0.39, 0.29) is 83.1 Å². The van der Waals surface area contributed by atoms with E-state index in [0.29, 0.717) is 51.6 Å². The summed E-state index contributed by atoms with van der Waals surface area (Å²) in [5.41, 5.74) is 0. The summed E-state index contributed by atoms with van der Waals surface area (Å²) in [6.45, 7) is 0.898. The lowest BCUT2D eigenvalue weighted by Crippen LogP contribution is -2.33. The molecule has 0 unspecified atom stereocenters. The number of ketones is 2. The molecule has 0 radical (unpaired) electrons. The molecule has 0 aromatic heterocycles. The normalized spacial score (nSPS) is 19.3. The summed E-state index contributed by atoms with van der Waals surface area (Å²) < 4.78 is 0.0416. The van der Waals surface area contributed by atoms with E-state index in [0.717, 1.165) is 51.4 Å². The number of Topliss-reactive ketones (excluding diaryl/α,β-unsaturated/α-hetero) is 2. The van der Waals surface area contributed by atoms with Gasteiger partial charge in [-0.2, -0.15) is 0 Å². The quantitative estimate of drug-likeness (QED) is 0.0190. The van der Waals surface area contributed by atoms with Crippen LogP contribution in [-0.2, 0) is 38.4 Å². The Labute approximate surface area is 416 Å². The van der Waals surface area contributed by atoms with Gasteiger partial charge in [-0.25, -0.2) is 0 Å². The van der Waals surface area contributed by atoms with Crippen molar-refractivity contribution in [1.82, 2.24) is 10.6 Å². The molecule has 1 aliphatic carbocycles. The minimum Gasteiger partial charge on any atom is -0.481 e. The first-order chi connectivity index (χ1) is 31.7. The highest BCUT2D eigenvalue weighted by atomic mass is 33.2. The zero-order valence-corrected chi connectivity index (χ0v) is 43.3. The van der Waals surface area contributed by atoms with Gasteiger partial charge >= 0.3 is 23.9 Å². The SMILES string of the molecule is O=C(O)CCCCCCCCCCCCCCCCC(=O)NCC1CCC(C(=O)C[C@@H](CCC(=O)C[C@@H](CCC(=O)NCCCC[C@@H](C(=O)O)C2SSC3(SS2)SS3)C(=O)O)C(=O)O)CC1.[HH]. The summed E-state index contributed by atoms with van der Waals surface area (Å²) in [5.74, 6) is -7.45. The molecular weight excluding hydrogens is 965 g/mol. The van der Waals surface area contributed by atoms with Crippen molar-refractivity contribution in [2.24, 2.45) is 29.6 Å². The maximum Gasteiger partial charge on any atom is 0.308 e. The van der Waals surface area contributed by atoms with Gasteiger partial charge in [0.05, 0.1) is 22.3 Å². The lowest BCUT2D eigenvalue weighted by Gasteiger charge is -2.28. The first kappa shape index (κ1) is 58.6. The summed E-state index contributed by atoms with van der Waals surface area (Å²) >= 11 is 0. The molecule has 0 aromatic rings. The van der Waals surface area contributed by atoms with E-state index in [1.54, 1.807) is 64.8 Å². The Morgan fingerprint density at radius 3 is 1.53 bits per heavy atom. The Bertz CT molecular complexity index is 1540. The Morgan fingerprint density at radius 2 is 1.02 bits per heavy atom. The Balaban J connectivity index is 0.0000154. The van der Waals surface area contributed by atoms with Crippen molar-refractivity contribution in [3.8, 4) is 0 Å². The minimum atomic E-state index is -1.22. The maximum absolute atomic E-state index is 13.2. The van der Waals surface area contributed by atoms with Crippen LogP contribution in [0.5, 0.6) is 0 Å². The van der Waals surface area contributed by atoms with E-state index in [2.05, 4.69) is 10.6 Å². The average molecular weight is 1040 g/mol. The van der Waals surface area contributed by atoms with Crippen molar-refractivity contribution in [3.63, 3.8) is 0 Å². The highest BCUT2D eigenvalue weighted by Gasteiger charge is 2.53. The van der Waals surface area contributed by atoms with Gasteiger partial charge in [0.15, 0.2) is 2.74 Å². The van der Waals surface area contributed by atoms with Gasteiger partial charge in [-0.1, -0.05) is 127 Å². The fourth-order valence-electron chi connectivity index (χ4n) is 8.42. The third-order valence-electron chi connectivity index (χ3n) is 12.7. The van der Waals surface area contributed by atoms with Crippen molar-refractivity contribution in [2.45, 2.75) is 194 Å². The molecule has 20 heteroatoms. The van der Waals surface area contributed by atoms with E-state index in [9.17, 15) is 53.7 Å². The van der Waals surface area contributed by atoms with Crippen LogP contribution in [0.4, 0.5) is 0 Å². The zero-order valence-electron chi connectivity index (χ0n) is 38.4. The minimum absolute atomic E-state index is 0. The van der Waals surface area contributed by atoms with Crippen LogP contribution in [0.3, 0.4) is 0 Å². The van der Waals surface area contributed by atoms with Gasteiger partial charge in [-0.15, -0.1) is 0 Å². The molecule has 6 N–H and O–H groups in total. The van der Waals surface area contributed by atoms with E-state index < -0.39 is 47.4 Å². The summed E-state index contributed by atoms with van der Waals surface area (Å²) in [6.07, 6.45) is 20.1. The summed E-state index contributed by atoms with van der Waals surface area (Å²) in [5, 5.41) is 43.8. The molecule has 1 saturated carbocycles. The molecule has 3 atom stereocenters. The summed E-state index contributed by atoms with van der Waals surface area (Å²) in [4.78, 5) is 97.4. The van der Waals surface area contributed by atoms with Crippen LogP contribution >= 0.6 is 64.8 Å². The monoisotopic (exact) mass is 1040 g/mol. The van der Waals surface area contributed by atoms with Crippen LogP contribution in [0.2, 0.25) is 0 Å². The van der Waals surface area contributed by atoms with E-state index in [1.165, 1.54) is 51.4 Å². The van der Waals surface area contributed by atoms with Crippen molar-refractivity contribution < 1.29 is 60.2 Å². The maximum atomic E-state index is 13.2. The second-order valence-electron chi connectivity index (χ2n) is 18.1. The van der Waals surface area contributed by atoms with Gasteiger partial charge in [-0.05, 0) is 91.7 Å². The molecule has 3 aliphatic rings. The number of carbonyl (C=O) groups is 8. The third-order valence-corrected chi connectivity index (χ3v) is 26.5. The number of hydrogen-bond donors (Lipinski definition) is 6. The van der Waals surface area contributed by atoms with Crippen molar-refractivity contribution >= 4 is 112 Å². The number of carboxylic acid groups (broad SMARTS) is 4. The Morgan fingerprint density at radius 1 is 0.515 bits per heavy atom. The molecule has 14 nitrogen and oxygen atoms in total. The Hall–Kier alpha value is -1.74. The summed E-state index contributed by atoms with van der Waals surface area (Å²) in [7, 11) is 10.2. The van der Waals surface area contributed by atoms with E-state index in [4.69, 9.17) is 5.11 Å². The molecular formula is C46H76N2O12S6. The van der Waals surface area contributed by atoms with Gasteiger partial charge in [0.25, 0.3) is 0 Å². The second kappa shape index (κ2) is 33.7. The van der Waals surface area contributed by atoms with Crippen LogP contribution in [0.1, 0.15) is 188 Å². The molecule has 1 spiro atoms. The standard InChI is InChI=1S/C46H74N2O12S6.H2/c49-36(29-34(42(55)56)25-27-40(52)47-28-16-15-17-37(44(59)60)45-61-63-46(64-62-45)65-66-46)26-24-35(43(57)58)30-38(50)33-22-20-32(21-23-33)31-48-39(51)18-13-11-9-7-5-3-1-2-4-6-8-10-12-14-19-41(53)54;/h32-35,37,45H,1-31H2,(H,47,52)(H,48,51)(H,53,54)(H,55,56)(H,57,58)(H,59,60);1H/t32?,33?,34-,35-,37+;/m1./s1. The first-order valence-electron chi connectivity index (χ1n) is 24.2. The smallest absolute Gasteiger partial charge is 0.308 e. The van der Waals surface area contributed by atoms with Crippen LogP contribution in [-0.4, -0.2) is 88.1 Å². The van der Waals surface area contributed by atoms with Crippen LogP contribution in [0, 0.1) is 29.6 Å². The lowest BCUT2D eigenvalue weighted by molar-refractivity contribution is -0.146. The molecule has 378 valence electrons. The largest absolute Gasteiger partial charge is 0.481 e. The number of rotatable bonds is 39. The molecule has 0 bridgehead atoms. The predicted octanol–water partition coefficient (Wildman–Crippen LogP) is 11.5. The second-order valence-corrected chi connectivity index (χ2v) is 27.6. The number of aliphatic carboxylic acids is 4. The summed E-state index contributed by atoms with van der Waals surface area (Å²) in [6, 6.07) is 0. The highest BCUT2D eigenvalue weighted by Crippen LogP contribution is 2.84. The van der Waals surface area contributed by atoms with Gasteiger partial charge < -0.3 is 31.1 Å². The van der Waals surface area contributed by atoms with Crippen molar-refractivity contribution in [3.05, 3.63) is 0 Å². The van der Waals surface area contributed by atoms with Gasteiger partial charge in [0, 0.05) is 59.0 Å². The van der Waals surface area contributed by atoms with Crippen molar-refractivity contribution in [1.29, 1.82) is 0 Å². The van der Waals surface area contributed by atoms with Crippen LogP contribution in [0.25, 0.3) is 0 Å². The fourth-order valence-corrected chi connectivity index (χ4v) is 22.2. The van der Waals surface area contributed by atoms with Crippen molar-refractivity contribution in [2.75, 3.05) is 13.1 Å². The van der Waals surface area contributed by atoms with Crippen LogP contribution < -0.4 is 10.6 Å². The highest BCUT2D eigenvalue weighted by molar-refractivity contribution is 9.14.